The summed E-state index contributed by atoms with van der Waals surface area (Å²) in [7, 11) is 0. The Labute approximate surface area is 136 Å². The number of rotatable bonds is 5. The average Bonchev–Trinajstić information content (AvgIpc) is 2.97. The van der Waals surface area contributed by atoms with Crippen molar-refractivity contribution in [3.63, 3.8) is 0 Å². The van der Waals surface area contributed by atoms with Crippen LogP contribution in [0.2, 0.25) is 5.02 Å². The van der Waals surface area contributed by atoms with Crippen molar-refractivity contribution in [1.82, 2.24) is 9.88 Å². The Morgan fingerprint density at radius 2 is 2.05 bits per heavy atom. The van der Waals surface area contributed by atoms with E-state index in [0.29, 0.717) is 11.1 Å². The van der Waals surface area contributed by atoms with Crippen LogP contribution in [0.3, 0.4) is 0 Å². The van der Waals surface area contributed by atoms with Gasteiger partial charge in [0.05, 0.1) is 16.8 Å². The smallest absolute Gasteiger partial charge is 0.0805 e. The molecule has 116 valence electrons. The molecule has 2 unspecified atom stereocenters. The maximum Gasteiger partial charge on any atom is 0.0805 e. The minimum atomic E-state index is -0.398. The van der Waals surface area contributed by atoms with Crippen LogP contribution in [-0.4, -0.2) is 27.6 Å². The van der Waals surface area contributed by atoms with E-state index in [4.69, 9.17) is 11.6 Å². The molecule has 3 nitrogen and oxygen atoms in total. The zero-order valence-electron chi connectivity index (χ0n) is 12.5. The van der Waals surface area contributed by atoms with Crippen LogP contribution in [0, 0.1) is 0 Å². The number of halogens is 1. The SMILES string of the molecule is OC(CC1CCCN1Cc1ccc(Cl)cn1)c1ccccc1. The van der Waals surface area contributed by atoms with Crippen molar-refractivity contribution in [3.8, 4) is 0 Å². The summed E-state index contributed by atoms with van der Waals surface area (Å²) in [6, 6.07) is 14.2. The molecule has 4 heteroatoms. The molecule has 1 saturated heterocycles. The van der Waals surface area contributed by atoms with E-state index < -0.39 is 6.10 Å². The molecular weight excluding hydrogens is 296 g/mol. The first-order chi connectivity index (χ1) is 10.7. The monoisotopic (exact) mass is 316 g/mol. The molecule has 0 radical (unpaired) electrons. The highest BCUT2D eigenvalue weighted by Crippen LogP contribution is 2.28. The first-order valence-corrected chi connectivity index (χ1v) is 8.17. The molecule has 1 aliphatic rings. The van der Waals surface area contributed by atoms with Crippen molar-refractivity contribution >= 4 is 11.6 Å². The molecule has 1 aromatic heterocycles. The summed E-state index contributed by atoms with van der Waals surface area (Å²) in [5.41, 5.74) is 2.03. The van der Waals surface area contributed by atoms with E-state index in [1.165, 1.54) is 6.42 Å². The Balaban J connectivity index is 1.62. The van der Waals surface area contributed by atoms with Gasteiger partial charge in [-0.05, 0) is 43.5 Å². The topological polar surface area (TPSA) is 36.4 Å². The summed E-state index contributed by atoms with van der Waals surface area (Å²) in [4.78, 5) is 6.80. The van der Waals surface area contributed by atoms with Crippen LogP contribution in [0.25, 0.3) is 0 Å². The molecule has 0 spiro atoms. The van der Waals surface area contributed by atoms with Crippen molar-refractivity contribution in [3.05, 3.63) is 64.9 Å². The maximum atomic E-state index is 10.4. The van der Waals surface area contributed by atoms with Crippen LogP contribution in [0.15, 0.2) is 48.7 Å². The summed E-state index contributed by atoms with van der Waals surface area (Å²) in [6.07, 6.45) is 4.39. The minimum absolute atomic E-state index is 0.398. The van der Waals surface area contributed by atoms with Gasteiger partial charge < -0.3 is 5.11 Å². The third-order valence-electron chi connectivity index (χ3n) is 4.33. The molecule has 0 amide bonds. The zero-order valence-corrected chi connectivity index (χ0v) is 13.3. The number of benzene rings is 1. The molecule has 22 heavy (non-hydrogen) atoms. The number of aliphatic hydroxyl groups excluding tert-OH is 1. The Morgan fingerprint density at radius 3 is 2.77 bits per heavy atom. The zero-order chi connectivity index (χ0) is 15.4. The van der Waals surface area contributed by atoms with E-state index in [2.05, 4.69) is 9.88 Å². The van der Waals surface area contributed by atoms with Crippen molar-refractivity contribution in [2.45, 2.75) is 38.0 Å². The van der Waals surface area contributed by atoms with Crippen LogP contribution in [0.4, 0.5) is 0 Å². The lowest BCUT2D eigenvalue weighted by Crippen LogP contribution is -2.30. The average molecular weight is 317 g/mol. The van der Waals surface area contributed by atoms with Gasteiger partial charge in [0.1, 0.15) is 0 Å². The van der Waals surface area contributed by atoms with Crippen molar-refractivity contribution < 1.29 is 5.11 Å². The van der Waals surface area contributed by atoms with Gasteiger partial charge in [-0.3, -0.25) is 9.88 Å². The van der Waals surface area contributed by atoms with Gasteiger partial charge >= 0.3 is 0 Å². The fourth-order valence-electron chi connectivity index (χ4n) is 3.15. The number of aromatic nitrogens is 1. The van der Waals surface area contributed by atoms with Gasteiger partial charge in [0.25, 0.3) is 0 Å². The predicted octanol–water partition coefficient (Wildman–Crippen LogP) is 3.82. The molecule has 1 aliphatic heterocycles. The molecule has 0 saturated carbocycles. The number of hydrogen-bond acceptors (Lipinski definition) is 3. The predicted molar refractivity (Wildman–Crippen MR) is 88.7 cm³/mol. The number of nitrogens with zero attached hydrogens (tertiary/aromatic N) is 2. The quantitative estimate of drug-likeness (QED) is 0.911. The minimum Gasteiger partial charge on any atom is -0.388 e. The van der Waals surface area contributed by atoms with Crippen molar-refractivity contribution in [2.75, 3.05) is 6.54 Å². The summed E-state index contributed by atoms with van der Waals surface area (Å²) in [6.45, 7) is 1.89. The second-order valence-corrected chi connectivity index (χ2v) is 6.33. The molecular formula is C18H21ClN2O. The Bertz CT molecular complexity index is 588. The molecule has 1 fully saturated rings. The fraction of sp³-hybridized carbons (Fsp3) is 0.389. The van der Waals surface area contributed by atoms with E-state index in [1.54, 1.807) is 6.20 Å². The third kappa shape index (κ3) is 3.86. The van der Waals surface area contributed by atoms with Gasteiger partial charge in [0, 0.05) is 18.8 Å². The van der Waals surface area contributed by atoms with E-state index in [-0.39, 0.29) is 0 Å². The number of pyridine rings is 1. The molecule has 3 rings (SSSR count). The van der Waals surface area contributed by atoms with Crippen LogP contribution in [0.5, 0.6) is 0 Å². The Hall–Kier alpha value is -1.42. The van der Waals surface area contributed by atoms with Crippen LogP contribution in [-0.2, 0) is 6.54 Å². The summed E-state index contributed by atoms with van der Waals surface area (Å²) < 4.78 is 0. The van der Waals surface area contributed by atoms with Crippen LogP contribution < -0.4 is 0 Å². The maximum absolute atomic E-state index is 10.4. The standard InChI is InChI=1S/C18H21ClN2O/c19-15-8-9-16(20-12-15)13-21-10-4-7-17(21)11-18(22)14-5-2-1-3-6-14/h1-3,5-6,8-9,12,17-18,22H,4,7,10-11,13H2. The first-order valence-electron chi connectivity index (χ1n) is 7.80. The lowest BCUT2D eigenvalue weighted by molar-refractivity contribution is 0.117. The number of aliphatic hydroxyl groups is 1. The highest BCUT2D eigenvalue weighted by Gasteiger charge is 2.27. The van der Waals surface area contributed by atoms with Crippen LogP contribution in [0.1, 0.15) is 36.6 Å². The van der Waals surface area contributed by atoms with E-state index >= 15 is 0 Å². The second-order valence-electron chi connectivity index (χ2n) is 5.90. The highest BCUT2D eigenvalue weighted by atomic mass is 35.5. The Kier molecular flexibility index (Phi) is 5.08. The van der Waals surface area contributed by atoms with E-state index in [1.807, 2.05) is 42.5 Å². The van der Waals surface area contributed by atoms with Crippen molar-refractivity contribution in [1.29, 1.82) is 0 Å². The number of hydrogen-bond donors (Lipinski definition) is 1. The molecule has 2 atom stereocenters. The van der Waals surface area contributed by atoms with E-state index in [9.17, 15) is 5.11 Å². The van der Waals surface area contributed by atoms with E-state index in [0.717, 1.165) is 37.2 Å². The van der Waals surface area contributed by atoms with Gasteiger partial charge in [0.15, 0.2) is 0 Å². The molecule has 2 heterocycles. The molecule has 0 bridgehead atoms. The largest absolute Gasteiger partial charge is 0.388 e. The summed E-state index contributed by atoms with van der Waals surface area (Å²) in [5, 5.41) is 11.1. The third-order valence-corrected chi connectivity index (χ3v) is 4.56. The molecule has 1 N–H and O–H groups in total. The number of likely N-dealkylation sites (tertiary alicyclic amines) is 1. The van der Waals surface area contributed by atoms with Gasteiger partial charge in [0.2, 0.25) is 0 Å². The summed E-state index contributed by atoms with van der Waals surface area (Å²) in [5.74, 6) is 0. The lowest BCUT2D eigenvalue weighted by Gasteiger charge is -2.26. The van der Waals surface area contributed by atoms with Crippen LogP contribution >= 0.6 is 11.6 Å². The summed E-state index contributed by atoms with van der Waals surface area (Å²) >= 11 is 5.88. The van der Waals surface area contributed by atoms with Gasteiger partial charge in [-0.1, -0.05) is 41.9 Å². The molecule has 2 aromatic rings. The fourth-order valence-corrected chi connectivity index (χ4v) is 3.26. The van der Waals surface area contributed by atoms with Crippen molar-refractivity contribution in [2.24, 2.45) is 0 Å². The molecule has 1 aromatic carbocycles. The first kappa shape index (κ1) is 15.5. The van der Waals surface area contributed by atoms with Gasteiger partial charge in [-0.2, -0.15) is 0 Å². The highest BCUT2D eigenvalue weighted by molar-refractivity contribution is 6.30. The van der Waals surface area contributed by atoms with Gasteiger partial charge in [-0.25, -0.2) is 0 Å². The molecule has 0 aliphatic carbocycles. The lowest BCUT2D eigenvalue weighted by atomic mass is 10.0. The Morgan fingerprint density at radius 1 is 1.23 bits per heavy atom. The normalized spacial score (nSPS) is 20.2. The van der Waals surface area contributed by atoms with Gasteiger partial charge in [-0.15, -0.1) is 0 Å². The second kappa shape index (κ2) is 7.23.